The molecule has 0 aromatic heterocycles. The van der Waals surface area contributed by atoms with Crippen molar-refractivity contribution < 1.29 is 13.6 Å². The third-order valence-electron chi connectivity index (χ3n) is 3.56. The fourth-order valence-electron chi connectivity index (χ4n) is 2.55. The second kappa shape index (κ2) is 7.47. The molecular weight excluding hydrogens is 276 g/mol. The zero-order valence-corrected chi connectivity index (χ0v) is 12.2. The summed E-state index contributed by atoms with van der Waals surface area (Å²) in [6, 6.07) is 3.50. The minimum absolute atomic E-state index is 0.00518. The molecule has 116 valence electrons. The zero-order valence-electron chi connectivity index (χ0n) is 12.2. The van der Waals surface area contributed by atoms with E-state index >= 15 is 0 Å². The first kappa shape index (κ1) is 15.9. The van der Waals surface area contributed by atoms with Crippen molar-refractivity contribution >= 4 is 11.6 Å². The summed E-state index contributed by atoms with van der Waals surface area (Å²) >= 11 is 0. The number of benzene rings is 1. The number of hydrogen-bond donors (Lipinski definition) is 2. The maximum atomic E-state index is 13.4. The lowest BCUT2D eigenvalue weighted by molar-refractivity contribution is -0.117. The van der Waals surface area contributed by atoms with E-state index in [1.54, 1.807) is 0 Å². The zero-order chi connectivity index (χ0) is 15.2. The first-order valence-corrected chi connectivity index (χ1v) is 7.21. The van der Waals surface area contributed by atoms with Gasteiger partial charge in [-0.2, -0.15) is 0 Å². The Morgan fingerprint density at radius 3 is 2.90 bits per heavy atom. The molecule has 6 heteroatoms. The smallest absolute Gasteiger partial charge is 0.238 e. The molecule has 1 amide bonds. The van der Waals surface area contributed by atoms with E-state index in [1.807, 2.05) is 11.9 Å². The molecule has 1 aromatic rings. The molecule has 1 aromatic carbocycles. The van der Waals surface area contributed by atoms with Gasteiger partial charge in [-0.15, -0.1) is 0 Å². The van der Waals surface area contributed by atoms with Gasteiger partial charge in [0.25, 0.3) is 0 Å². The van der Waals surface area contributed by atoms with E-state index in [4.69, 9.17) is 0 Å². The molecule has 4 nitrogen and oxygen atoms in total. The Labute approximate surface area is 123 Å². The highest BCUT2D eigenvalue weighted by atomic mass is 19.1. The van der Waals surface area contributed by atoms with E-state index < -0.39 is 11.6 Å². The summed E-state index contributed by atoms with van der Waals surface area (Å²) in [6.07, 6.45) is 3.52. The van der Waals surface area contributed by atoms with Crippen LogP contribution >= 0.6 is 0 Å². The van der Waals surface area contributed by atoms with Gasteiger partial charge in [0.2, 0.25) is 5.91 Å². The number of carbonyl (C=O) groups is 1. The van der Waals surface area contributed by atoms with Crippen LogP contribution in [0.15, 0.2) is 18.2 Å². The minimum Gasteiger partial charge on any atom is -0.322 e. The topological polar surface area (TPSA) is 44.4 Å². The molecule has 21 heavy (non-hydrogen) atoms. The summed E-state index contributed by atoms with van der Waals surface area (Å²) in [7, 11) is 1.86. The van der Waals surface area contributed by atoms with Gasteiger partial charge >= 0.3 is 0 Å². The maximum absolute atomic E-state index is 13.4. The first-order chi connectivity index (χ1) is 10.0. The van der Waals surface area contributed by atoms with Gasteiger partial charge in [0, 0.05) is 18.7 Å². The standard InChI is InChI=1S/C15H21F2N3O/c1-20(9-12-4-2-3-7-18-12)10-15(21)19-14-6-5-11(16)8-13(14)17/h5-6,8,12,18H,2-4,7,9-10H2,1H3,(H,19,21). The van der Waals surface area contributed by atoms with E-state index in [1.165, 1.54) is 18.9 Å². The molecule has 0 saturated carbocycles. The van der Waals surface area contributed by atoms with Gasteiger partial charge in [0.05, 0.1) is 12.2 Å². The van der Waals surface area contributed by atoms with Crippen molar-refractivity contribution in [3.8, 4) is 0 Å². The number of rotatable bonds is 5. The van der Waals surface area contributed by atoms with Gasteiger partial charge in [-0.3, -0.25) is 9.69 Å². The summed E-state index contributed by atoms with van der Waals surface area (Å²) in [5.41, 5.74) is 0.00518. The van der Waals surface area contributed by atoms with Crippen molar-refractivity contribution in [1.82, 2.24) is 10.2 Å². The number of carbonyl (C=O) groups excluding carboxylic acids is 1. The Bertz CT molecular complexity index is 490. The predicted octanol–water partition coefficient (Wildman–Crippen LogP) is 1.98. The number of amides is 1. The number of anilines is 1. The third-order valence-corrected chi connectivity index (χ3v) is 3.56. The van der Waals surface area contributed by atoms with Crippen LogP contribution in [0.5, 0.6) is 0 Å². The number of likely N-dealkylation sites (N-methyl/N-ethyl adjacent to an activating group) is 1. The molecule has 2 rings (SSSR count). The fourth-order valence-corrected chi connectivity index (χ4v) is 2.55. The summed E-state index contributed by atoms with van der Waals surface area (Å²) in [6.45, 7) is 1.97. The third kappa shape index (κ3) is 5.06. The molecule has 1 atom stereocenters. The van der Waals surface area contributed by atoms with Gasteiger partial charge < -0.3 is 10.6 Å². The molecule has 2 N–H and O–H groups in total. The molecule has 0 radical (unpaired) electrons. The van der Waals surface area contributed by atoms with Crippen LogP contribution in [0.25, 0.3) is 0 Å². The second-order valence-electron chi connectivity index (χ2n) is 5.52. The van der Waals surface area contributed by atoms with E-state index in [2.05, 4.69) is 10.6 Å². The molecule has 0 spiro atoms. The Kier molecular flexibility index (Phi) is 5.64. The highest BCUT2D eigenvalue weighted by molar-refractivity contribution is 5.92. The number of piperidine rings is 1. The SMILES string of the molecule is CN(CC(=O)Nc1ccc(F)cc1F)CC1CCCCN1. The van der Waals surface area contributed by atoms with Crippen LogP contribution in [0, 0.1) is 11.6 Å². The van der Waals surface area contributed by atoms with Gasteiger partial charge in [-0.1, -0.05) is 6.42 Å². The van der Waals surface area contributed by atoms with Crippen molar-refractivity contribution in [2.24, 2.45) is 0 Å². The molecule has 0 bridgehead atoms. The molecule has 1 saturated heterocycles. The highest BCUT2D eigenvalue weighted by Gasteiger charge is 2.16. The Balaban J connectivity index is 1.80. The lowest BCUT2D eigenvalue weighted by Crippen LogP contribution is -2.44. The molecule has 1 fully saturated rings. The van der Waals surface area contributed by atoms with Crippen LogP contribution in [0.3, 0.4) is 0 Å². The first-order valence-electron chi connectivity index (χ1n) is 7.21. The van der Waals surface area contributed by atoms with Crippen LogP contribution in [-0.4, -0.2) is 43.5 Å². The molecule has 1 aliphatic rings. The van der Waals surface area contributed by atoms with E-state index in [0.29, 0.717) is 6.04 Å². The molecule has 1 unspecified atom stereocenters. The Hall–Kier alpha value is -1.53. The second-order valence-corrected chi connectivity index (χ2v) is 5.52. The average Bonchev–Trinajstić information content (AvgIpc) is 2.43. The highest BCUT2D eigenvalue weighted by Crippen LogP contribution is 2.15. The Morgan fingerprint density at radius 2 is 2.24 bits per heavy atom. The van der Waals surface area contributed by atoms with Crippen LogP contribution in [0.1, 0.15) is 19.3 Å². The average molecular weight is 297 g/mol. The monoisotopic (exact) mass is 297 g/mol. The van der Waals surface area contributed by atoms with Crippen molar-refractivity contribution in [2.75, 3.05) is 32.0 Å². The summed E-state index contributed by atoms with van der Waals surface area (Å²) in [4.78, 5) is 13.8. The van der Waals surface area contributed by atoms with Gasteiger partial charge in [0.1, 0.15) is 11.6 Å². The van der Waals surface area contributed by atoms with Gasteiger partial charge in [0.15, 0.2) is 0 Å². The number of hydrogen-bond acceptors (Lipinski definition) is 3. The van der Waals surface area contributed by atoms with E-state index in [9.17, 15) is 13.6 Å². The molecular formula is C15H21F2N3O. The number of halogens is 2. The fraction of sp³-hybridized carbons (Fsp3) is 0.533. The van der Waals surface area contributed by atoms with E-state index in [0.717, 1.165) is 31.6 Å². The van der Waals surface area contributed by atoms with Crippen molar-refractivity contribution in [3.05, 3.63) is 29.8 Å². The molecule has 1 aliphatic heterocycles. The van der Waals surface area contributed by atoms with Crippen molar-refractivity contribution in [1.29, 1.82) is 0 Å². The summed E-state index contributed by atoms with van der Waals surface area (Å²) < 4.78 is 26.2. The lowest BCUT2D eigenvalue weighted by atomic mass is 10.0. The van der Waals surface area contributed by atoms with Crippen LogP contribution in [-0.2, 0) is 4.79 Å². The molecule has 1 heterocycles. The number of nitrogens with one attached hydrogen (secondary N) is 2. The maximum Gasteiger partial charge on any atom is 0.238 e. The van der Waals surface area contributed by atoms with Crippen LogP contribution in [0.4, 0.5) is 14.5 Å². The van der Waals surface area contributed by atoms with Gasteiger partial charge in [-0.05, 0) is 38.6 Å². The van der Waals surface area contributed by atoms with Crippen molar-refractivity contribution in [2.45, 2.75) is 25.3 Å². The predicted molar refractivity (Wildman–Crippen MR) is 78.1 cm³/mol. The normalized spacial score (nSPS) is 18.8. The van der Waals surface area contributed by atoms with E-state index in [-0.39, 0.29) is 18.1 Å². The van der Waals surface area contributed by atoms with Crippen LogP contribution in [0.2, 0.25) is 0 Å². The summed E-state index contributed by atoms with van der Waals surface area (Å²) in [5, 5.41) is 5.88. The lowest BCUT2D eigenvalue weighted by Gasteiger charge is -2.27. The summed E-state index contributed by atoms with van der Waals surface area (Å²) in [5.74, 6) is -1.73. The van der Waals surface area contributed by atoms with Crippen LogP contribution < -0.4 is 10.6 Å². The quantitative estimate of drug-likeness (QED) is 0.873. The largest absolute Gasteiger partial charge is 0.322 e. The number of nitrogens with zero attached hydrogens (tertiary/aromatic N) is 1. The van der Waals surface area contributed by atoms with Gasteiger partial charge in [-0.25, -0.2) is 8.78 Å². The minimum atomic E-state index is -0.764. The Morgan fingerprint density at radius 1 is 1.43 bits per heavy atom. The van der Waals surface area contributed by atoms with Crippen molar-refractivity contribution in [3.63, 3.8) is 0 Å². The molecule has 0 aliphatic carbocycles.